The van der Waals surface area contributed by atoms with Crippen molar-refractivity contribution in [3.63, 3.8) is 0 Å². The molecule has 0 bridgehead atoms. The van der Waals surface area contributed by atoms with Crippen LogP contribution in [0.5, 0.6) is 5.75 Å². The van der Waals surface area contributed by atoms with Crippen LogP contribution < -0.4 is 10.1 Å². The van der Waals surface area contributed by atoms with Crippen molar-refractivity contribution in [1.82, 2.24) is 15.1 Å². The van der Waals surface area contributed by atoms with E-state index in [2.05, 4.69) is 12.2 Å². The van der Waals surface area contributed by atoms with E-state index in [1.165, 1.54) is 0 Å². The summed E-state index contributed by atoms with van der Waals surface area (Å²) in [6.07, 6.45) is 1.87. The summed E-state index contributed by atoms with van der Waals surface area (Å²) in [5.41, 5.74) is 0.655. The maximum Gasteiger partial charge on any atom is 0.317 e. The van der Waals surface area contributed by atoms with E-state index in [0.29, 0.717) is 44.9 Å². The van der Waals surface area contributed by atoms with Gasteiger partial charge in [0.1, 0.15) is 5.75 Å². The highest BCUT2D eigenvalue weighted by molar-refractivity contribution is 5.94. The highest BCUT2D eigenvalue weighted by Gasteiger charge is 2.24. The molecule has 1 aliphatic rings. The fraction of sp³-hybridized carbons (Fsp3) is 0.556. The molecule has 1 heterocycles. The van der Waals surface area contributed by atoms with Gasteiger partial charge in [-0.1, -0.05) is 13.8 Å². The number of amides is 3. The van der Waals surface area contributed by atoms with Gasteiger partial charge in [-0.3, -0.25) is 4.79 Å². The molecule has 0 saturated carbocycles. The monoisotopic (exact) mass is 333 g/mol. The number of urea groups is 1. The zero-order chi connectivity index (χ0) is 17.4. The second-order valence-electron chi connectivity index (χ2n) is 5.88. The Balaban J connectivity index is 1.85. The first kappa shape index (κ1) is 18.1. The van der Waals surface area contributed by atoms with Gasteiger partial charge in [0.2, 0.25) is 0 Å². The summed E-state index contributed by atoms with van der Waals surface area (Å²) < 4.78 is 5.53. The number of hydrogen-bond acceptors (Lipinski definition) is 3. The Kier molecular flexibility index (Phi) is 6.90. The fourth-order valence-electron chi connectivity index (χ4n) is 2.55. The van der Waals surface area contributed by atoms with E-state index in [4.69, 9.17) is 4.74 Å². The first-order valence-corrected chi connectivity index (χ1v) is 8.70. The van der Waals surface area contributed by atoms with E-state index in [-0.39, 0.29) is 11.9 Å². The molecule has 1 aromatic carbocycles. The van der Waals surface area contributed by atoms with E-state index < -0.39 is 0 Å². The lowest BCUT2D eigenvalue weighted by Crippen LogP contribution is -2.53. The lowest BCUT2D eigenvalue weighted by molar-refractivity contribution is 0.0665. The Morgan fingerprint density at radius 1 is 1.00 bits per heavy atom. The maximum absolute atomic E-state index is 12.5. The van der Waals surface area contributed by atoms with Crippen LogP contribution in [-0.4, -0.2) is 61.1 Å². The molecule has 0 aromatic heterocycles. The fourth-order valence-corrected chi connectivity index (χ4v) is 2.55. The number of rotatable bonds is 6. The summed E-state index contributed by atoms with van der Waals surface area (Å²) in [6, 6.07) is 7.22. The zero-order valence-corrected chi connectivity index (χ0v) is 14.6. The summed E-state index contributed by atoms with van der Waals surface area (Å²) in [4.78, 5) is 28.0. The quantitative estimate of drug-likeness (QED) is 0.869. The zero-order valence-electron chi connectivity index (χ0n) is 14.6. The van der Waals surface area contributed by atoms with Crippen molar-refractivity contribution in [3.05, 3.63) is 29.8 Å². The van der Waals surface area contributed by atoms with Crippen LogP contribution in [-0.2, 0) is 0 Å². The van der Waals surface area contributed by atoms with Gasteiger partial charge in [0, 0.05) is 38.3 Å². The van der Waals surface area contributed by atoms with Gasteiger partial charge < -0.3 is 19.9 Å². The molecular weight excluding hydrogens is 306 g/mol. The van der Waals surface area contributed by atoms with E-state index in [0.717, 1.165) is 18.6 Å². The first-order valence-electron chi connectivity index (χ1n) is 8.70. The molecule has 132 valence electrons. The van der Waals surface area contributed by atoms with Gasteiger partial charge in [-0.25, -0.2) is 4.79 Å². The average molecular weight is 333 g/mol. The van der Waals surface area contributed by atoms with Crippen LogP contribution in [0.15, 0.2) is 24.3 Å². The number of hydrogen-bond donors (Lipinski definition) is 1. The Bertz CT molecular complexity index is 537. The molecule has 24 heavy (non-hydrogen) atoms. The van der Waals surface area contributed by atoms with E-state index >= 15 is 0 Å². The summed E-state index contributed by atoms with van der Waals surface area (Å²) in [5, 5.41) is 2.87. The molecule has 3 amide bonds. The van der Waals surface area contributed by atoms with Gasteiger partial charge in [-0.05, 0) is 37.1 Å². The predicted molar refractivity (Wildman–Crippen MR) is 93.4 cm³/mol. The molecule has 0 radical (unpaired) electrons. The van der Waals surface area contributed by atoms with E-state index in [1.54, 1.807) is 21.9 Å². The number of nitrogens with zero attached hydrogens (tertiary/aromatic N) is 2. The number of benzene rings is 1. The smallest absolute Gasteiger partial charge is 0.317 e. The molecule has 6 nitrogen and oxygen atoms in total. The van der Waals surface area contributed by atoms with Crippen molar-refractivity contribution in [2.45, 2.75) is 26.7 Å². The van der Waals surface area contributed by atoms with Crippen LogP contribution in [0.3, 0.4) is 0 Å². The summed E-state index contributed by atoms with van der Waals surface area (Å²) >= 11 is 0. The molecule has 1 saturated heterocycles. The Hall–Kier alpha value is -2.24. The average Bonchev–Trinajstić information content (AvgIpc) is 2.64. The largest absolute Gasteiger partial charge is 0.494 e. The first-order chi connectivity index (χ1) is 11.7. The third kappa shape index (κ3) is 4.88. The third-order valence-corrected chi connectivity index (χ3v) is 3.95. The molecular formula is C18H27N3O3. The SMILES string of the molecule is CCCNC(=O)N1CCN(C(=O)c2ccc(OCCC)cc2)CC1. The summed E-state index contributed by atoms with van der Waals surface area (Å²) in [7, 11) is 0. The van der Waals surface area contributed by atoms with Gasteiger partial charge in [-0.2, -0.15) is 0 Å². The minimum atomic E-state index is -0.0404. The lowest BCUT2D eigenvalue weighted by atomic mass is 10.1. The van der Waals surface area contributed by atoms with Crippen LogP contribution in [0.2, 0.25) is 0 Å². The third-order valence-electron chi connectivity index (χ3n) is 3.95. The van der Waals surface area contributed by atoms with Crippen molar-refractivity contribution in [1.29, 1.82) is 0 Å². The standard InChI is InChI=1S/C18H27N3O3/c1-3-9-19-18(23)21-12-10-20(11-13-21)17(22)15-5-7-16(8-6-15)24-14-4-2/h5-8H,3-4,9-14H2,1-2H3,(H,19,23). The topological polar surface area (TPSA) is 61.9 Å². The van der Waals surface area contributed by atoms with Gasteiger partial charge in [0.15, 0.2) is 0 Å². The lowest BCUT2D eigenvalue weighted by Gasteiger charge is -2.34. The molecule has 1 fully saturated rings. The highest BCUT2D eigenvalue weighted by Crippen LogP contribution is 2.15. The van der Waals surface area contributed by atoms with Crippen molar-refractivity contribution in [2.24, 2.45) is 0 Å². The minimum Gasteiger partial charge on any atom is -0.494 e. The normalized spacial score (nSPS) is 14.4. The number of carbonyl (C=O) groups is 2. The number of ether oxygens (including phenoxy) is 1. The van der Waals surface area contributed by atoms with Gasteiger partial charge in [-0.15, -0.1) is 0 Å². The molecule has 0 spiro atoms. The van der Waals surface area contributed by atoms with Gasteiger partial charge >= 0.3 is 6.03 Å². The van der Waals surface area contributed by atoms with Crippen molar-refractivity contribution in [3.8, 4) is 5.75 Å². The van der Waals surface area contributed by atoms with E-state index in [1.807, 2.05) is 19.1 Å². The maximum atomic E-state index is 12.5. The number of nitrogens with one attached hydrogen (secondary N) is 1. The van der Waals surface area contributed by atoms with Crippen molar-refractivity contribution < 1.29 is 14.3 Å². The number of piperazine rings is 1. The Labute approximate surface area is 143 Å². The minimum absolute atomic E-state index is 0.00524. The van der Waals surface area contributed by atoms with Crippen LogP contribution in [0, 0.1) is 0 Å². The molecule has 0 unspecified atom stereocenters. The van der Waals surface area contributed by atoms with Crippen molar-refractivity contribution >= 4 is 11.9 Å². The van der Waals surface area contributed by atoms with Crippen LogP contribution in [0.4, 0.5) is 4.79 Å². The van der Waals surface area contributed by atoms with Gasteiger partial charge in [0.05, 0.1) is 6.61 Å². The summed E-state index contributed by atoms with van der Waals surface area (Å²) in [6.45, 7) is 7.70. The van der Waals surface area contributed by atoms with Crippen LogP contribution in [0.1, 0.15) is 37.0 Å². The predicted octanol–water partition coefficient (Wildman–Crippen LogP) is 2.35. The Morgan fingerprint density at radius 3 is 2.21 bits per heavy atom. The number of carbonyl (C=O) groups excluding carboxylic acids is 2. The molecule has 6 heteroatoms. The molecule has 1 aliphatic heterocycles. The summed E-state index contributed by atoms with van der Waals surface area (Å²) in [5.74, 6) is 0.788. The molecule has 0 atom stereocenters. The molecule has 1 aromatic rings. The van der Waals surface area contributed by atoms with E-state index in [9.17, 15) is 9.59 Å². The Morgan fingerprint density at radius 2 is 1.62 bits per heavy atom. The molecule has 0 aliphatic carbocycles. The second kappa shape index (κ2) is 9.15. The van der Waals surface area contributed by atoms with Crippen LogP contribution in [0.25, 0.3) is 0 Å². The van der Waals surface area contributed by atoms with Crippen molar-refractivity contribution in [2.75, 3.05) is 39.3 Å². The van der Waals surface area contributed by atoms with Gasteiger partial charge in [0.25, 0.3) is 5.91 Å². The highest BCUT2D eigenvalue weighted by atomic mass is 16.5. The van der Waals surface area contributed by atoms with Crippen LogP contribution >= 0.6 is 0 Å². The molecule has 1 N–H and O–H groups in total. The second-order valence-corrected chi connectivity index (χ2v) is 5.88. The molecule has 2 rings (SSSR count).